The molecule has 0 radical (unpaired) electrons. The summed E-state index contributed by atoms with van der Waals surface area (Å²) in [6, 6.07) is 19.4. The van der Waals surface area contributed by atoms with E-state index < -0.39 is 15.6 Å². The lowest BCUT2D eigenvalue weighted by Crippen LogP contribution is -2.58. The van der Waals surface area contributed by atoms with Gasteiger partial charge in [0.2, 0.25) is 0 Å². The number of carbonyl (C=O) groups is 2. The van der Waals surface area contributed by atoms with Crippen LogP contribution in [0.15, 0.2) is 71.6 Å². The number of carbonyl (C=O) groups excluding carboxylic acids is 2. The quantitative estimate of drug-likeness (QED) is 0.112. The molecule has 4 aliphatic rings. The smallest absolute Gasteiger partial charge is 0.257 e. The Morgan fingerprint density at radius 1 is 0.887 bits per heavy atom. The molecule has 0 amide bonds. The third-order valence-electron chi connectivity index (χ3n) is 11.1. The molecule has 3 aromatic carbocycles. The van der Waals surface area contributed by atoms with Gasteiger partial charge in [-0.1, -0.05) is 17.7 Å². The molecule has 2 aliphatic heterocycles. The topological polar surface area (TPSA) is 122 Å². The van der Waals surface area contributed by atoms with Gasteiger partial charge in [-0.15, -0.1) is 4.41 Å². The number of halogens is 1. The Hall–Kier alpha value is -3.32. The predicted molar refractivity (Wildman–Crippen MR) is 205 cm³/mol. The maximum atomic E-state index is 14.7. The van der Waals surface area contributed by atoms with E-state index in [-0.39, 0.29) is 34.5 Å². The predicted octanol–water partition coefficient (Wildman–Crippen LogP) is 6.69. The van der Waals surface area contributed by atoms with E-state index in [1.807, 2.05) is 36.2 Å². The molecule has 2 N–H and O–H groups in total. The van der Waals surface area contributed by atoms with Crippen LogP contribution in [0.5, 0.6) is 11.5 Å². The van der Waals surface area contributed by atoms with Crippen molar-refractivity contribution in [2.45, 2.75) is 93.7 Å². The largest absolute Gasteiger partial charge is 0.494 e. The van der Waals surface area contributed by atoms with Crippen LogP contribution in [0.4, 0.5) is 0 Å². The molecular weight excluding hydrogens is 712 g/mol. The minimum atomic E-state index is -4.17. The maximum Gasteiger partial charge on any atom is 0.257 e. The Bertz CT molecular complexity index is 1880. The summed E-state index contributed by atoms with van der Waals surface area (Å²) < 4.78 is 42.8. The molecule has 2 aliphatic carbocycles. The molecule has 4 fully saturated rings. The van der Waals surface area contributed by atoms with Gasteiger partial charge in [-0.3, -0.25) is 9.59 Å². The summed E-state index contributed by atoms with van der Waals surface area (Å²) in [5.41, 5.74) is 6.75. The first-order valence-electron chi connectivity index (χ1n) is 19.2. The van der Waals surface area contributed by atoms with E-state index in [1.54, 1.807) is 36.4 Å². The minimum absolute atomic E-state index is 0.0736. The van der Waals surface area contributed by atoms with Gasteiger partial charge in [0.05, 0.1) is 18.1 Å². The third kappa shape index (κ3) is 8.66. The second-order valence-electron chi connectivity index (χ2n) is 15.2. The van der Waals surface area contributed by atoms with E-state index in [9.17, 15) is 18.0 Å². The van der Waals surface area contributed by atoms with E-state index in [4.69, 9.17) is 26.8 Å². The first kappa shape index (κ1) is 38.0. The number of aryl methyl sites for hydroxylation is 1. The summed E-state index contributed by atoms with van der Waals surface area (Å²) in [4.78, 5) is 29.2. The molecule has 0 unspecified atom stereocenters. The molecule has 2 saturated heterocycles. The second kappa shape index (κ2) is 16.2. The van der Waals surface area contributed by atoms with Crippen molar-refractivity contribution in [3.05, 3.63) is 88.4 Å². The molecular formula is C41H51ClN4O6S. The van der Waals surface area contributed by atoms with Gasteiger partial charge in [0, 0.05) is 53.8 Å². The maximum absolute atomic E-state index is 14.7. The van der Waals surface area contributed by atoms with E-state index >= 15 is 0 Å². The molecule has 284 valence electrons. The normalized spacial score (nSPS) is 21.6. The average Bonchev–Trinajstić information content (AvgIpc) is 4.08. The molecule has 10 nitrogen and oxygen atoms in total. The molecule has 2 saturated carbocycles. The standard InChI is InChI=1S/C41H51ClN4O6S/c1-29-7-18-37(27-38(29)42)53(49,50)46(45-23-2-5-34(45)6-3-25-51-35-14-10-31(11-15-35)39(47)30-8-9-30)41(20-21-41)40(48)32-12-16-36(17-13-32)52-26-4-22-44-24-19-33(43)28-44/h7,10-18,27,30,33-34H,2-6,8-9,19-26,28,43H2,1H3/t33-,34-/m1/s1. The molecule has 0 aromatic heterocycles. The van der Waals surface area contributed by atoms with Gasteiger partial charge in [-0.25, -0.2) is 13.4 Å². The van der Waals surface area contributed by atoms with Crippen LogP contribution in [0.2, 0.25) is 5.02 Å². The van der Waals surface area contributed by atoms with Crippen LogP contribution in [0.1, 0.15) is 90.5 Å². The summed E-state index contributed by atoms with van der Waals surface area (Å²) in [6.07, 6.45) is 7.71. The third-order valence-corrected chi connectivity index (χ3v) is 13.4. The number of hydrogen-bond acceptors (Lipinski definition) is 9. The molecule has 12 heteroatoms. The van der Waals surface area contributed by atoms with Crippen LogP contribution < -0.4 is 15.2 Å². The minimum Gasteiger partial charge on any atom is -0.494 e. The van der Waals surface area contributed by atoms with Gasteiger partial charge in [-0.2, -0.15) is 0 Å². The number of ether oxygens (including phenoxy) is 2. The summed E-state index contributed by atoms with van der Waals surface area (Å²) in [6.45, 7) is 6.25. The SMILES string of the molecule is Cc1ccc(S(=O)(=O)N(N2CCC[C@@H]2CCCOc2ccc(C(=O)C3CC3)cc2)C2(C(=O)c3ccc(OCCCN4CC[C@@H](N)C4)cc3)CC2)cc1Cl. The Morgan fingerprint density at radius 2 is 1.55 bits per heavy atom. The van der Waals surface area contributed by atoms with E-state index in [0.29, 0.717) is 67.5 Å². The van der Waals surface area contributed by atoms with Crippen molar-refractivity contribution in [1.29, 1.82) is 0 Å². The zero-order chi connectivity index (χ0) is 37.2. The molecule has 2 atom stereocenters. The Morgan fingerprint density at radius 3 is 2.15 bits per heavy atom. The van der Waals surface area contributed by atoms with Crippen molar-refractivity contribution >= 4 is 33.2 Å². The van der Waals surface area contributed by atoms with Crippen molar-refractivity contribution in [1.82, 2.24) is 14.3 Å². The monoisotopic (exact) mass is 762 g/mol. The number of sulfonamides is 1. The molecule has 0 spiro atoms. The first-order chi connectivity index (χ1) is 25.5. The number of ketones is 2. The number of likely N-dealkylation sites (tertiary alicyclic amines) is 1. The summed E-state index contributed by atoms with van der Waals surface area (Å²) in [5.74, 6) is 1.54. The highest BCUT2D eigenvalue weighted by Crippen LogP contribution is 2.50. The lowest BCUT2D eigenvalue weighted by atomic mass is 10.0. The average molecular weight is 763 g/mol. The Labute approximate surface area is 318 Å². The highest BCUT2D eigenvalue weighted by atomic mass is 35.5. The zero-order valence-corrected chi connectivity index (χ0v) is 32.1. The van der Waals surface area contributed by atoms with E-state index in [2.05, 4.69) is 4.90 Å². The van der Waals surface area contributed by atoms with Crippen molar-refractivity contribution in [2.24, 2.45) is 11.7 Å². The second-order valence-corrected chi connectivity index (χ2v) is 17.4. The highest BCUT2D eigenvalue weighted by molar-refractivity contribution is 7.89. The number of hydrazine groups is 1. The van der Waals surface area contributed by atoms with E-state index in [1.165, 1.54) is 10.5 Å². The van der Waals surface area contributed by atoms with Gasteiger partial charge >= 0.3 is 0 Å². The van der Waals surface area contributed by atoms with Crippen LogP contribution in [0.25, 0.3) is 0 Å². The molecule has 7 rings (SSSR count). The van der Waals surface area contributed by atoms with Crippen LogP contribution in [-0.4, -0.2) is 91.3 Å². The van der Waals surface area contributed by atoms with E-state index in [0.717, 1.165) is 69.3 Å². The van der Waals surface area contributed by atoms with Gasteiger partial charge in [0.25, 0.3) is 10.0 Å². The van der Waals surface area contributed by atoms with Crippen molar-refractivity contribution in [2.75, 3.05) is 39.4 Å². The molecule has 53 heavy (non-hydrogen) atoms. The van der Waals surface area contributed by atoms with Crippen molar-refractivity contribution < 1.29 is 27.5 Å². The van der Waals surface area contributed by atoms with Gasteiger partial charge in [-0.05, 0) is 144 Å². The Kier molecular flexibility index (Phi) is 11.6. The highest BCUT2D eigenvalue weighted by Gasteiger charge is 2.62. The lowest BCUT2D eigenvalue weighted by molar-refractivity contribution is 0.000102. The number of benzene rings is 3. The Balaban J connectivity index is 1.04. The van der Waals surface area contributed by atoms with Crippen molar-refractivity contribution in [3.8, 4) is 11.5 Å². The fourth-order valence-electron chi connectivity index (χ4n) is 7.75. The number of nitrogens with zero attached hydrogens (tertiary/aromatic N) is 3. The molecule has 3 aromatic rings. The molecule has 0 bridgehead atoms. The fraction of sp³-hybridized carbons (Fsp3) is 0.512. The lowest BCUT2D eigenvalue weighted by Gasteiger charge is -2.40. The van der Waals surface area contributed by atoms with Gasteiger partial charge in [0.1, 0.15) is 17.0 Å². The van der Waals surface area contributed by atoms with Gasteiger partial charge in [0.15, 0.2) is 11.6 Å². The fourth-order valence-corrected chi connectivity index (χ4v) is 9.91. The number of rotatable bonds is 18. The number of nitrogens with two attached hydrogens (primary N) is 1. The van der Waals surface area contributed by atoms with Crippen LogP contribution in [-0.2, 0) is 10.0 Å². The molecule has 2 heterocycles. The van der Waals surface area contributed by atoms with Gasteiger partial charge < -0.3 is 20.1 Å². The summed E-state index contributed by atoms with van der Waals surface area (Å²) in [7, 11) is -4.17. The number of Topliss-reactive ketones (excluding diaryl/α,β-unsaturated/α-hetero) is 2. The first-order valence-corrected chi connectivity index (χ1v) is 21.0. The van der Waals surface area contributed by atoms with Crippen molar-refractivity contribution in [3.63, 3.8) is 0 Å². The van der Waals surface area contributed by atoms with Crippen LogP contribution in [0, 0.1) is 12.8 Å². The summed E-state index contributed by atoms with van der Waals surface area (Å²) in [5, 5.41) is 2.29. The zero-order valence-electron chi connectivity index (χ0n) is 30.6. The summed E-state index contributed by atoms with van der Waals surface area (Å²) >= 11 is 6.46. The van der Waals surface area contributed by atoms with Crippen LogP contribution in [0.3, 0.4) is 0 Å². The van der Waals surface area contributed by atoms with Crippen LogP contribution >= 0.6 is 11.6 Å². The number of hydrogen-bond donors (Lipinski definition) is 1.